The topological polar surface area (TPSA) is 46.9 Å². The van der Waals surface area contributed by atoms with Crippen molar-refractivity contribution < 1.29 is 4.79 Å². The van der Waals surface area contributed by atoms with Crippen LogP contribution < -0.4 is 5.32 Å². The Hall–Kier alpha value is -1.63. The Kier molecular flexibility index (Phi) is 4.61. The summed E-state index contributed by atoms with van der Waals surface area (Å²) in [5.41, 5.74) is 2.07. The summed E-state index contributed by atoms with van der Waals surface area (Å²) in [7, 11) is 0. The normalized spacial score (nSPS) is 18.2. The van der Waals surface area contributed by atoms with E-state index in [0.717, 1.165) is 40.2 Å². The molecule has 2 aromatic rings. The van der Waals surface area contributed by atoms with Gasteiger partial charge in [-0.1, -0.05) is 12.1 Å². The summed E-state index contributed by atoms with van der Waals surface area (Å²) in [6.07, 6.45) is 7.26. The van der Waals surface area contributed by atoms with E-state index >= 15 is 0 Å². The minimum absolute atomic E-state index is 0.0493. The third-order valence-electron chi connectivity index (χ3n) is 3.99. The zero-order chi connectivity index (χ0) is 15.5. The lowest BCUT2D eigenvalue weighted by Crippen LogP contribution is -2.24. The van der Waals surface area contributed by atoms with Gasteiger partial charge in [0, 0.05) is 40.2 Å². The number of rotatable bonds is 4. The van der Waals surface area contributed by atoms with Crippen molar-refractivity contribution in [2.45, 2.75) is 26.3 Å². The Balaban J connectivity index is 1.68. The fourth-order valence-corrected chi connectivity index (χ4v) is 3.21. The van der Waals surface area contributed by atoms with Gasteiger partial charge in [-0.15, -0.1) is 0 Å². The number of aromatic nitrogens is 2. The van der Waals surface area contributed by atoms with Gasteiger partial charge in [0.1, 0.15) is 5.82 Å². The Morgan fingerprint density at radius 1 is 1.41 bits per heavy atom. The molecule has 0 radical (unpaired) electrons. The van der Waals surface area contributed by atoms with Crippen LogP contribution in [0, 0.1) is 16.4 Å². The van der Waals surface area contributed by atoms with Gasteiger partial charge in [-0.2, -0.15) is 0 Å². The van der Waals surface area contributed by atoms with E-state index < -0.39 is 0 Å². The second-order valence-electron chi connectivity index (χ2n) is 5.54. The van der Waals surface area contributed by atoms with E-state index in [4.69, 9.17) is 0 Å². The smallest absolute Gasteiger partial charge is 0.162 e. The Morgan fingerprint density at radius 3 is 2.91 bits per heavy atom. The average Bonchev–Trinajstić information content (AvgIpc) is 2.90. The van der Waals surface area contributed by atoms with Crippen molar-refractivity contribution in [2.75, 3.05) is 5.32 Å². The molecular formula is C17H18IN3O. The number of nitrogens with one attached hydrogen (secondary N) is 1. The molecule has 1 N–H and O–H groups in total. The standard InChI is InChI=1S/C17H18IN3O/c1-12-19-8-9-21(12)11-13-6-7-14(10-17(13)22)20-16-5-3-2-4-15(16)18/h2-5,8-10,13,20H,6-7,11H2,1H3. The van der Waals surface area contributed by atoms with Gasteiger partial charge < -0.3 is 9.88 Å². The lowest BCUT2D eigenvalue weighted by Gasteiger charge is -2.22. The highest BCUT2D eigenvalue weighted by Gasteiger charge is 2.23. The van der Waals surface area contributed by atoms with E-state index in [1.165, 1.54) is 0 Å². The first-order valence-electron chi connectivity index (χ1n) is 7.37. The van der Waals surface area contributed by atoms with Gasteiger partial charge in [-0.25, -0.2) is 4.98 Å². The molecule has 22 heavy (non-hydrogen) atoms. The van der Waals surface area contributed by atoms with Gasteiger partial charge in [-0.05, 0) is 54.5 Å². The molecule has 1 aliphatic carbocycles. The molecule has 0 bridgehead atoms. The molecule has 1 aromatic heterocycles. The van der Waals surface area contributed by atoms with Crippen LogP contribution in [0.15, 0.2) is 48.4 Å². The van der Waals surface area contributed by atoms with E-state index in [1.54, 1.807) is 12.3 Å². The van der Waals surface area contributed by atoms with Crippen LogP contribution in [0.25, 0.3) is 0 Å². The molecule has 0 fully saturated rings. The van der Waals surface area contributed by atoms with E-state index in [-0.39, 0.29) is 11.7 Å². The number of para-hydroxylation sites is 1. The van der Waals surface area contributed by atoms with Crippen molar-refractivity contribution in [3.8, 4) is 0 Å². The number of anilines is 1. The molecule has 0 spiro atoms. The van der Waals surface area contributed by atoms with Crippen LogP contribution >= 0.6 is 22.6 Å². The molecule has 5 heteroatoms. The second kappa shape index (κ2) is 6.64. The Bertz CT molecular complexity index is 720. The number of hydrogen-bond donors (Lipinski definition) is 1. The van der Waals surface area contributed by atoms with Gasteiger partial charge >= 0.3 is 0 Å². The first-order chi connectivity index (χ1) is 10.6. The first kappa shape index (κ1) is 15.3. The number of allylic oxidation sites excluding steroid dienone is 2. The number of carbonyl (C=O) groups is 1. The monoisotopic (exact) mass is 407 g/mol. The maximum atomic E-state index is 12.4. The largest absolute Gasteiger partial charge is 0.358 e. The van der Waals surface area contributed by atoms with E-state index in [0.29, 0.717) is 0 Å². The summed E-state index contributed by atoms with van der Waals surface area (Å²) in [5.74, 6) is 1.21. The average molecular weight is 407 g/mol. The highest BCUT2D eigenvalue weighted by Crippen LogP contribution is 2.26. The zero-order valence-corrected chi connectivity index (χ0v) is 14.6. The van der Waals surface area contributed by atoms with Crippen LogP contribution in [-0.4, -0.2) is 15.3 Å². The maximum Gasteiger partial charge on any atom is 0.162 e. The Labute approximate surface area is 143 Å². The fraction of sp³-hybridized carbons (Fsp3) is 0.294. The summed E-state index contributed by atoms with van der Waals surface area (Å²) in [6, 6.07) is 8.10. The van der Waals surface area contributed by atoms with Crippen molar-refractivity contribution in [3.63, 3.8) is 0 Å². The van der Waals surface area contributed by atoms with Gasteiger partial charge in [-0.3, -0.25) is 4.79 Å². The van der Waals surface area contributed by atoms with Gasteiger partial charge in [0.05, 0.1) is 5.69 Å². The van der Waals surface area contributed by atoms with Crippen molar-refractivity contribution in [1.29, 1.82) is 0 Å². The minimum atomic E-state index is 0.0493. The molecule has 1 aromatic carbocycles. The zero-order valence-electron chi connectivity index (χ0n) is 12.4. The van der Waals surface area contributed by atoms with Crippen LogP contribution in [0.3, 0.4) is 0 Å². The van der Waals surface area contributed by atoms with Gasteiger partial charge in [0.2, 0.25) is 0 Å². The van der Waals surface area contributed by atoms with Crippen LogP contribution in [-0.2, 0) is 11.3 Å². The van der Waals surface area contributed by atoms with Crippen molar-refractivity contribution in [1.82, 2.24) is 9.55 Å². The summed E-state index contributed by atoms with van der Waals surface area (Å²) >= 11 is 2.30. The summed E-state index contributed by atoms with van der Waals surface area (Å²) < 4.78 is 3.21. The van der Waals surface area contributed by atoms with Crippen molar-refractivity contribution >= 4 is 34.1 Å². The van der Waals surface area contributed by atoms with E-state index in [2.05, 4.69) is 43.5 Å². The molecule has 0 saturated heterocycles. The maximum absolute atomic E-state index is 12.4. The Morgan fingerprint density at radius 2 is 2.23 bits per heavy atom. The van der Waals surface area contributed by atoms with E-state index in [9.17, 15) is 4.79 Å². The molecule has 1 atom stereocenters. The van der Waals surface area contributed by atoms with Gasteiger partial charge in [0.15, 0.2) is 5.78 Å². The number of benzene rings is 1. The lowest BCUT2D eigenvalue weighted by molar-refractivity contribution is -0.119. The molecule has 0 amide bonds. The molecule has 1 heterocycles. The van der Waals surface area contributed by atoms with Gasteiger partial charge in [0.25, 0.3) is 0 Å². The summed E-state index contributed by atoms with van der Waals surface area (Å²) in [4.78, 5) is 16.6. The fourth-order valence-electron chi connectivity index (χ4n) is 2.68. The number of ketones is 1. The molecule has 0 aliphatic heterocycles. The second-order valence-corrected chi connectivity index (χ2v) is 6.70. The number of nitrogens with zero attached hydrogens (tertiary/aromatic N) is 2. The van der Waals surface area contributed by atoms with Crippen LogP contribution in [0.2, 0.25) is 0 Å². The SMILES string of the molecule is Cc1nccn1CC1CCC(Nc2ccccc2I)=CC1=O. The number of imidazole rings is 1. The quantitative estimate of drug-likeness (QED) is 0.786. The van der Waals surface area contributed by atoms with Crippen LogP contribution in [0.4, 0.5) is 5.69 Å². The predicted octanol–water partition coefficient (Wildman–Crippen LogP) is 3.77. The first-order valence-corrected chi connectivity index (χ1v) is 8.45. The third-order valence-corrected chi connectivity index (χ3v) is 4.93. The third kappa shape index (κ3) is 3.40. The predicted molar refractivity (Wildman–Crippen MR) is 95.6 cm³/mol. The van der Waals surface area contributed by atoms with Crippen molar-refractivity contribution in [2.24, 2.45) is 5.92 Å². The molecule has 1 unspecified atom stereocenters. The molecule has 4 nitrogen and oxygen atoms in total. The van der Waals surface area contributed by atoms with E-state index in [1.807, 2.05) is 31.3 Å². The molecule has 0 saturated carbocycles. The number of halogens is 1. The molecular weight excluding hydrogens is 389 g/mol. The summed E-state index contributed by atoms with van der Waals surface area (Å²) in [5, 5.41) is 3.38. The lowest BCUT2D eigenvalue weighted by atomic mass is 9.91. The molecule has 1 aliphatic rings. The summed E-state index contributed by atoms with van der Waals surface area (Å²) in [6.45, 7) is 2.69. The highest BCUT2D eigenvalue weighted by molar-refractivity contribution is 14.1. The molecule has 3 rings (SSSR count). The van der Waals surface area contributed by atoms with Crippen LogP contribution in [0.5, 0.6) is 0 Å². The number of aryl methyl sites for hydroxylation is 1. The number of hydrogen-bond acceptors (Lipinski definition) is 3. The minimum Gasteiger partial charge on any atom is -0.358 e. The molecule has 114 valence electrons. The van der Waals surface area contributed by atoms with Crippen molar-refractivity contribution in [3.05, 3.63) is 57.8 Å². The number of carbonyl (C=O) groups excluding carboxylic acids is 1. The van der Waals surface area contributed by atoms with Crippen LogP contribution in [0.1, 0.15) is 18.7 Å². The highest BCUT2D eigenvalue weighted by atomic mass is 127.